The number of amides is 1. The molecule has 0 saturated heterocycles. The van der Waals surface area contributed by atoms with Crippen molar-refractivity contribution in [2.75, 3.05) is 6.61 Å². The largest absolute Gasteiger partial charge is 0.467 e. The zero-order chi connectivity index (χ0) is 22.9. The molecule has 0 saturated carbocycles. The number of hydrogen-bond acceptors (Lipinski definition) is 8. The van der Waals surface area contributed by atoms with E-state index < -0.39 is 24.5 Å². The van der Waals surface area contributed by atoms with Gasteiger partial charge < -0.3 is 13.6 Å². The van der Waals surface area contributed by atoms with Crippen LogP contribution in [0.4, 0.5) is 0 Å². The van der Waals surface area contributed by atoms with E-state index in [4.69, 9.17) is 13.6 Å². The fraction of sp³-hybridized carbons (Fsp3) is 0.261. The van der Waals surface area contributed by atoms with Crippen LogP contribution in [0.5, 0.6) is 0 Å². The molecule has 1 aliphatic heterocycles. The summed E-state index contributed by atoms with van der Waals surface area (Å²) in [4.78, 5) is 29.8. The topological polar surface area (TPSA) is 116 Å². The monoisotopic (exact) mass is 447 g/mol. The molecule has 1 atom stereocenters. The predicted octanol–water partition coefficient (Wildman–Crippen LogP) is 3.73. The van der Waals surface area contributed by atoms with Gasteiger partial charge in [0.25, 0.3) is 5.91 Å². The van der Waals surface area contributed by atoms with Crippen LogP contribution in [-0.4, -0.2) is 44.0 Å². The number of carbonyl (C=O) groups excluding carboxylic acids is 2. The van der Waals surface area contributed by atoms with Crippen LogP contribution in [0.3, 0.4) is 0 Å². The summed E-state index contributed by atoms with van der Waals surface area (Å²) >= 11 is 0. The third-order valence-electron chi connectivity index (χ3n) is 5.33. The molecule has 10 heteroatoms. The average Bonchev–Trinajstić information content (AvgIpc) is 3.61. The van der Waals surface area contributed by atoms with Gasteiger partial charge in [-0.15, -0.1) is 0 Å². The number of fused-ring (bicyclic) bond motifs is 1. The highest BCUT2D eigenvalue weighted by Crippen LogP contribution is 2.33. The molecule has 33 heavy (non-hydrogen) atoms. The molecule has 1 unspecified atom stereocenters. The summed E-state index contributed by atoms with van der Waals surface area (Å²) in [6.07, 6.45) is 6.56. The summed E-state index contributed by atoms with van der Waals surface area (Å²) < 4.78 is 18.0. The first kappa shape index (κ1) is 20.7. The van der Waals surface area contributed by atoms with Crippen molar-refractivity contribution in [3.8, 4) is 0 Å². The number of ether oxygens (including phenoxy) is 1. The van der Waals surface area contributed by atoms with Crippen molar-refractivity contribution in [3.05, 3.63) is 72.3 Å². The van der Waals surface area contributed by atoms with Crippen LogP contribution >= 0.6 is 0 Å². The van der Waals surface area contributed by atoms with Crippen molar-refractivity contribution in [2.24, 2.45) is 5.10 Å². The molecule has 1 amide bonds. The van der Waals surface area contributed by atoms with Crippen LogP contribution in [0.25, 0.3) is 11.0 Å². The molecule has 0 fully saturated rings. The zero-order valence-corrected chi connectivity index (χ0v) is 18.0. The van der Waals surface area contributed by atoms with Gasteiger partial charge >= 0.3 is 5.97 Å². The number of pyridine rings is 1. The number of rotatable bonds is 6. The van der Waals surface area contributed by atoms with Gasteiger partial charge in [-0.25, -0.2) is 19.5 Å². The number of carbonyl (C=O) groups is 2. The second-order valence-electron chi connectivity index (χ2n) is 7.89. The summed E-state index contributed by atoms with van der Waals surface area (Å²) in [5, 5.41) is 10.7. The lowest BCUT2D eigenvalue weighted by atomic mass is 10.1. The Morgan fingerprint density at radius 2 is 2.00 bits per heavy atom. The van der Waals surface area contributed by atoms with Crippen molar-refractivity contribution in [1.82, 2.24) is 19.8 Å². The smallest absolute Gasteiger partial charge is 0.340 e. The number of esters is 1. The molecule has 5 heterocycles. The van der Waals surface area contributed by atoms with Gasteiger partial charge in [-0.05, 0) is 44.2 Å². The van der Waals surface area contributed by atoms with E-state index in [1.165, 1.54) is 17.5 Å². The molecule has 4 aromatic heterocycles. The Labute approximate surface area is 188 Å². The van der Waals surface area contributed by atoms with E-state index in [0.29, 0.717) is 29.3 Å². The van der Waals surface area contributed by atoms with Crippen molar-refractivity contribution in [1.29, 1.82) is 0 Å². The summed E-state index contributed by atoms with van der Waals surface area (Å²) in [6.45, 7) is 3.51. The molecular weight excluding hydrogens is 426 g/mol. The molecule has 10 nitrogen and oxygen atoms in total. The normalized spacial score (nSPS) is 15.9. The summed E-state index contributed by atoms with van der Waals surface area (Å²) in [5.41, 5.74) is 1.52. The first-order chi connectivity index (χ1) is 16.0. The van der Waals surface area contributed by atoms with Crippen molar-refractivity contribution in [2.45, 2.75) is 32.4 Å². The van der Waals surface area contributed by atoms with Gasteiger partial charge in [0.05, 0.1) is 24.3 Å². The maximum Gasteiger partial charge on any atom is 0.340 e. The SMILES string of the molecule is CC(C)n1ncc2cc(C(=O)OCC(=O)N3N=C(c4ccco4)CC3c3ccco3)cnc21. The van der Waals surface area contributed by atoms with Gasteiger partial charge in [-0.2, -0.15) is 10.2 Å². The van der Waals surface area contributed by atoms with Crippen molar-refractivity contribution < 1.29 is 23.2 Å². The second-order valence-corrected chi connectivity index (χ2v) is 7.89. The van der Waals surface area contributed by atoms with Gasteiger partial charge in [0.1, 0.15) is 23.3 Å². The van der Waals surface area contributed by atoms with Crippen LogP contribution in [0.2, 0.25) is 0 Å². The lowest BCUT2D eigenvalue weighted by Gasteiger charge is -2.19. The maximum atomic E-state index is 12.9. The van der Waals surface area contributed by atoms with Crippen LogP contribution in [-0.2, 0) is 9.53 Å². The minimum atomic E-state index is -0.654. The molecule has 4 aromatic rings. The zero-order valence-electron chi connectivity index (χ0n) is 18.0. The van der Waals surface area contributed by atoms with Gasteiger partial charge in [-0.3, -0.25) is 4.79 Å². The molecule has 0 radical (unpaired) electrons. The van der Waals surface area contributed by atoms with Crippen LogP contribution in [0.15, 0.2) is 69.2 Å². The molecule has 5 rings (SSSR count). The maximum absolute atomic E-state index is 12.9. The van der Waals surface area contributed by atoms with Gasteiger partial charge in [0, 0.05) is 24.0 Å². The van der Waals surface area contributed by atoms with Crippen molar-refractivity contribution in [3.63, 3.8) is 0 Å². The van der Waals surface area contributed by atoms with E-state index in [-0.39, 0.29) is 11.6 Å². The number of nitrogens with zero attached hydrogens (tertiary/aromatic N) is 5. The number of aromatic nitrogens is 3. The van der Waals surface area contributed by atoms with Crippen LogP contribution in [0.1, 0.15) is 54.2 Å². The number of furan rings is 2. The molecule has 0 bridgehead atoms. The number of hydrazone groups is 1. The van der Waals surface area contributed by atoms with E-state index in [2.05, 4.69) is 15.2 Å². The van der Waals surface area contributed by atoms with E-state index in [1.807, 2.05) is 13.8 Å². The standard InChI is InChI=1S/C23H21N5O5/c1-14(2)27-22-15(12-25-27)9-16(11-24-22)23(30)33-13-21(29)28-18(20-6-4-8-32-20)10-17(26-28)19-5-3-7-31-19/h3-9,11-12,14,18H,10,13H2,1-2H3. The minimum Gasteiger partial charge on any atom is -0.467 e. The highest BCUT2D eigenvalue weighted by Gasteiger charge is 2.36. The van der Waals surface area contributed by atoms with E-state index in [0.717, 1.165) is 5.39 Å². The Morgan fingerprint density at radius 1 is 1.18 bits per heavy atom. The van der Waals surface area contributed by atoms with E-state index in [9.17, 15) is 9.59 Å². The molecule has 1 aliphatic rings. The lowest BCUT2D eigenvalue weighted by molar-refractivity contribution is -0.136. The number of hydrogen-bond donors (Lipinski definition) is 0. The highest BCUT2D eigenvalue weighted by atomic mass is 16.5. The molecular formula is C23H21N5O5. The third kappa shape index (κ3) is 3.91. The molecule has 0 N–H and O–H groups in total. The molecule has 0 spiro atoms. The average molecular weight is 447 g/mol. The Balaban J connectivity index is 1.31. The summed E-state index contributed by atoms with van der Waals surface area (Å²) in [5.74, 6) is 0.0176. The van der Waals surface area contributed by atoms with Gasteiger partial charge in [0.15, 0.2) is 12.3 Å². The fourth-order valence-electron chi connectivity index (χ4n) is 3.74. The summed E-state index contributed by atoms with van der Waals surface area (Å²) in [6, 6.07) is 8.38. The fourth-order valence-corrected chi connectivity index (χ4v) is 3.74. The van der Waals surface area contributed by atoms with Gasteiger partial charge in [0.2, 0.25) is 0 Å². The predicted molar refractivity (Wildman–Crippen MR) is 116 cm³/mol. The first-order valence-electron chi connectivity index (χ1n) is 10.5. The Morgan fingerprint density at radius 3 is 2.73 bits per heavy atom. The van der Waals surface area contributed by atoms with Crippen molar-refractivity contribution >= 4 is 28.6 Å². The van der Waals surface area contributed by atoms with E-state index >= 15 is 0 Å². The molecule has 168 valence electrons. The van der Waals surface area contributed by atoms with Gasteiger partial charge in [-0.1, -0.05) is 0 Å². The van der Waals surface area contributed by atoms with Crippen LogP contribution in [0, 0.1) is 0 Å². The molecule has 0 aromatic carbocycles. The summed E-state index contributed by atoms with van der Waals surface area (Å²) in [7, 11) is 0. The molecule has 0 aliphatic carbocycles. The lowest BCUT2D eigenvalue weighted by Crippen LogP contribution is -2.31. The highest BCUT2D eigenvalue weighted by molar-refractivity contribution is 6.01. The third-order valence-corrected chi connectivity index (χ3v) is 5.33. The van der Waals surface area contributed by atoms with Crippen LogP contribution < -0.4 is 0 Å². The quantitative estimate of drug-likeness (QED) is 0.414. The Hall–Kier alpha value is -4.21. The Bertz CT molecular complexity index is 1320. The second kappa shape index (κ2) is 8.38. The minimum absolute atomic E-state index is 0.139. The Kier molecular flexibility index (Phi) is 5.25. The van der Waals surface area contributed by atoms with E-state index in [1.54, 1.807) is 47.5 Å². The first-order valence-corrected chi connectivity index (χ1v) is 10.5.